The van der Waals surface area contributed by atoms with Gasteiger partial charge in [0.2, 0.25) is 0 Å². The molecule has 1 saturated carbocycles. The Morgan fingerprint density at radius 2 is 2.22 bits per heavy atom. The van der Waals surface area contributed by atoms with Gasteiger partial charge in [0.25, 0.3) is 5.91 Å². The molecule has 0 radical (unpaired) electrons. The summed E-state index contributed by atoms with van der Waals surface area (Å²) in [4.78, 5) is 14.2. The lowest BCUT2D eigenvalue weighted by Crippen LogP contribution is -2.33. The predicted molar refractivity (Wildman–Crippen MR) is 71.4 cm³/mol. The largest absolute Gasteiger partial charge is 0.505 e. The van der Waals surface area contributed by atoms with Crippen molar-refractivity contribution in [1.29, 1.82) is 0 Å². The molecule has 1 aliphatic rings. The minimum Gasteiger partial charge on any atom is -0.505 e. The third-order valence-electron chi connectivity index (χ3n) is 3.25. The van der Waals surface area contributed by atoms with Crippen molar-refractivity contribution in [2.24, 2.45) is 5.92 Å². The van der Waals surface area contributed by atoms with Gasteiger partial charge < -0.3 is 15.7 Å². The van der Waals surface area contributed by atoms with Gasteiger partial charge in [-0.15, -0.1) is 0 Å². The van der Waals surface area contributed by atoms with E-state index >= 15 is 0 Å². The summed E-state index contributed by atoms with van der Waals surface area (Å²) in [6, 6.07) is 4.92. The van der Waals surface area contributed by atoms with Crippen LogP contribution in [0.4, 0.5) is 5.69 Å². The van der Waals surface area contributed by atoms with Crippen LogP contribution in [-0.4, -0.2) is 29.0 Å². The third-order valence-corrected chi connectivity index (χ3v) is 3.25. The van der Waals surface area contributed by atoms with Crippen molar-refractivity contribution in [2.75, 3.05) is 18.8 Å². The van der Waals surface area contributed by atoms with Crippen LogP contribution in [0, 0.1) is 5.92 Å². The number of nitrogens with two attached hydrogens (primary N) is 1. The van der Waals surface area contributed by atoms with Gasteiger partial charge in [-0.2, -0.15) is 0 Å². The average molecular weight is 248 g/mol. The van der Waals surface area contributed by atoms with E-state index in [0.29, 0.717) is 11.5 Å². The first-order chi connectivity index (χ1) is 8.63. The fourth-order valence-electron chi connectivity index (χ4n) is 2.06. The van der Waals surface area contributed by atoms with E-state index in [1.807, 2.05) is 11.8 Å². The average Bonchev–Trinajstić information content (AvgIpc) is 3.15. The van der Waals surface area contributed by atoms with Crippen molar-refractivity contribution in [3.63, 3.8) is 0 Å². The lowest BCUT2D eigenvalue weighted by atomic mass is 10.1. The number of nitrogen functional groups attached to an aromatic ring is 1. The summed E-state index contributed by atoms with van der Waals surface area (Å²) in [5, 5.41) is 9.86. The van der Waals surface area contributed by atoms with Crippen molar-refractivity contribution in [1.82, 2.24) is 4.90 Å². The summed E-state index contributed by atoms with van der Waals surface area (Å²) < 4.78 is 0. The van der Waals surface area contributed by atoms with Gasteiger partial charge in [-0.05, 0) is 37.3 Å². The molecule has 1 aromatic rings. The molecule has 0 saturated heterocycles. The zero-order valence-electron chi connectivity index (χ0n) is 10.7. The second kappa shape index (κ2) is 5.29. The number of rotatable bonds is 5. The highest BCUT2D eigenvalue weighted by Gasteiger charge is 2.28. The topological polar surface area (TPSA) is 66.6 Å². The maximum absolute atomic E-state index is 12.4. The van der Waals surface area contributed by atoms with Crippen molar-refractivity contribution in [3.05, 3.63) is 23.8 Å². The zero-order chi connectivity index (χ0) is 13.1. The van der Waals surface area contributed by atoms with E-state index in [1.165, 1.54) is 12.8 Å². The lowest BCUT2D eigenvalue weighted by Gasteiger charge is -2.22. The molecule has 18 heavy (non-hydrogen) atoms. The van der Waals surface area contributed by atoms with Gasteiger partial charge >= 0.3 is 0 Å². The number of anilines is 1. The number of carbonyl (C=O) groups excluding carboxylic acids is 1. The number of benzene rings is 1. The first kappa shape index (κ1) is 12.7. The van der Waals surface area contributed by atoms with Crippen molar-refractivity contribution in [3.8, 4) is 5.75 Å². The number of phenols is 1. The molecule has 0 spiro atoms. The van der Waals surface area contributed by atoms with Crippen molar-refractivity contribution in [2.45, 2.75) is 26.2 Å². The van der Waals surface area contributed by atoms with Crippen LogP contribution in [0.1, 0.15) is 36.5 Å². The summed E-state index contributed by atoms with van der Waals surface area (Å²) in [5.74, 6) is 0.427. The molecule has 4 nitrogen and oxygen atoms in total. The first-order valence-corrected chi connectivity index (χ1v) is 6.50. The van der Waals surface area contributed by atoms with Crippen molar-refractivity contribution >= 4 is 11.6 Å². The molecule has 0 aliphatic heterocycles. The third kappa shape index (κ3) is 2.75. The van der Waals surface area contributed by atoms with Gasteiger partial charge in [0.1, 0.15) is 0 Å². The molecule has 1 aliphatic carbocycles. The fourth-order valence-corrected chi connectivity index (χ4v) is 2.06. The maximum atomic E-state index is 12.4. The summed E-state index contributed by atoms with van der Waals surface area (Å²) in [5.41, 5.74) is 6.19. The highest BCUT2D eigenvalue weighted by molar-refractivity contribution is 5.98. The van der Waals surface area contributed by atoms with E-state index in [2.05, 4.69) is 0 Å². The number of carbonyl (C=O) groups is 1. The van der Waals surface area contributed by atoms with E-state index < -0.39 is 0 Å². The molecule has 3 N–H and O–H groups in total. The molecule has 0 unspecified atom stereocenters. The number of phenolic OH excluding ortho intramolecular Hbond substituents is 1. The zero-order valence-corrected chi connectivity index (χ0v) is 10.7. The molecule has 0 bridgehead atoms. The van der Waals surface area contributed by atoms with Gasteiger partial charge in [-0.3, -0.25) is 4.79 Å². The smallest absolute Gasteiger partial charge is 0.257 e. The molecule has 98 valence electrons. The second-order valence-electron chi connectivity index (χ2n) is 4.94. The number of hydrogen-bond donors (Lipinski definition) is 2. The van der Waals surface area contributed by atoms with Crippen LogP contribution >= 0.6 is 0 Å². The summed E-state index contributed by atoms with van der Waals surface area (Å²) in [6.07, 6.45) is 3.33. The van der Waals surface area contributed by atoms with Crippen LogP contribution in [0.25, 0.3) is 0 Å². The number of para-hydroxylation sites is 1. The molecular formula is C14H20N2O2. The summed E-state index contributed by atoms with van der Waals surface area (Å²) in [7, 11) is 0. The Labute approximate surface area is 107 Å². The van der Waals surface area contributed by atoms with Gasteiger partial charge in [-0.25, -0.2) is 0 Å². The molecule has 1 fully saturated rings. The number of hydrogen-bond acceptors (Lipinski definition) is 3. The van der Waals surface area contributed by atoms with Crippen molar-refractivity contribution < 1.29 is 9.90 Å². The van der Waals surface area contributed by atoms with E-state index in [-0.39, 0.29) is 17.3 Å². The van der Waals surface area contributed by atoms with E-state index in [1.54, 1.807) is 18.2 Å². The summed E-state index contributed by atoms with van der Waals surface area (Å²) in [6.45, 7) is 3.57. The first-order valence-electron chi connectivity index (χ1n) is 6.50. The molecule has 0 atom stereocenters. The Morgan fingerprint density at radius 3 is 2.83 bits per heavy atom. The predicted octanol–water partition coefficient (Wildman–Crippen LogP) is 2.24. The van der Waals surface area contributed by atoms with Crippen LogP contribution in [-0.2, 0) is 0 Å². The van der Waals surface area contributed by atoms with Gasteiger partial charge in [0.05, 0.1) is 11.3 Å². The Balaban J connectivity index is 2.17. The Bertz CT molecular complexity index is 441. The SMILES string of the molecule is CCCN(CC1CC1)C(=O)c1cccc(N)c1O. The Kier molecular flexibility index (Phi) is 3.75. The molecule has 1 aromatic carbocycles. The monoisotopic (exact) mass is 248 g/mol. The van der Waals surface area contributed by atoms with E-state index in [4.69, 9.17) is 5.73 Å². The van der Waals surface area contributed by atoms with Crippen LogP contribution < -0.4 is 5.73 Å². The second-order valence-corrected chi connectivity index (χ2v) is 4.94. The minimum atomic E-state index is -0.117. The summed E-state index contributed by atoms with van der Waals surface area (Å²) >= 11 is 0. The number of aromatic hydroxyl groups is 1. The van der Waals surface area contributed by atoms with Gasteiger partial charge in [0, 0.05) is 13.1 Å². The highest BCUT2D eigenvalue weighted by atomic mass is 16.3. The van der Waals surface area contributed by atoms with E-state index in [9.17, 15) is 9.90 Å². The minimum absolute atomic E-state index is 0.0978. The number of nitrogens with zero attached hydrogens (tertiary/aromatic N) is 1. The molecule has 1 amide bonds. The van der Waals surface area contributed by atoms with Crippen LogP contribution in [0.3, 0.4) is 0 Å². The van der Waals surface area contributed by atoms with Crippen LogP contribution in [0.2, 0.25) is 0 Å². The highest BCUT2D eigenvalue weighted by Crippen LogP contribution is 2.31. The Morgan fingerprint density at radius 1 is 1.50 bits per heavy atom. The number of amides is 1. The molecule has 4 heteroatoms. The van der Waals surface area contributed by atoms with Gasteiger partial charge in [-0.1, -0.05) is 13.0 Å². The quantitative estimate of drug-likeness (QED) is 0.620. The molecule has 2 rings (SSSR count). The fraction of sp³-hybridized carbons (Fsp3) is 0.500. The molecule has 0 heterocycles. The van der Waals surface area contributed by atoms with Crippen LogP contribution in [0.5, 0.6) is 5.75 Å². The van der Waals surface area contributed by atoms with E-state index in [0.717, 1.165) is 19.5 Å². The Hall–Kier alpha value is -1.71. The standard InChI is InChI=1S/C14H20N2O2/c1-2-8-16(9-10-6-7-10)14(18)11-4-3-5-12(15)13(11)17/h3-5,10,17H,2,6-9,15H2,1H3. The lowest BCUT2D eigenvalue weighted by molar-refractivity contribution is 0.0745. The maximum Gasteiger partial charge on any atom is 0.257 e. The molecular weight excluding hydrogens is 228 g/mol. The molecule has 0 aromatic heterocycles. The van der Waals surface area contributed by atoms with Crippen LogP contribution in [0.15, 0.2) is 18.2 Å². The van der Waals surface area contributed by atoms with Gasteiger partial charge in [0.15, 0.2) is 5.75 Å². The normalized spacial score (nSPS) is 14.5.